The van der Waals surface area contributed by atoms with Crippen molar-refractivity contribution in [1.82, 2.24) is 15.6 Å². The lowest BCUT2D eigenvalue weighted by molar-refractivity contribution is 0.638. The van der Waals surface area contributed by atoms with Crippen LogP contribution in [0.4, 0.5) is 5.82 Å². The molecule has 0 amide bonds. The molecule has 0 bridgehead atoms. The highest BCUT2D eigenvalue weighted by atomic mass is 15.2. The second-order valence-corrected chi connectivity index (χ2v) is 4.33. The van der Waals surface area contributed by atoms with E-state index in [9.17, 15) is 0 Å². The Morgan fingerprint density at radius 2 is 2.06 bits per heavy atom. The molecular weight excluding hydrogens is 226 g/mol. The number of hydrogen-bond acceptors (Lipinski definition) is 4. The molecule has 0 radical (unpaired) electrons. The first kappa shape index (κ1) is 12.6. The minimum absolute atomic E-state index is 0.139. The summed E-state index contributed by atoms with van der Waals surface area (Å²) in [5, 5.41) is 6.63. The largest absolute Gasteiger partial charge is 0.384 e. The SMILES string of the molecule is CCCc1ccc(C(NN)c2cn[nH]c2N)cc1. The minimum Gasteiger partial charge on any atom is -0.384 e. The molecule has 18 heavy (non-hydrogen) atoms. The van der Waals surface area contributed by atoms with Crippen molar-refractivity contribution in [2.75, 3.05) is 5.73 Å². The summed E-state index contributed by atoms with van der Waals surface area (Å²) >= 11 is 0. The van der Waals surface area contributed by atoms with Crippen LogP contribution in [0.5, 0.6) is 0 Å². The molecule has 5 heteroatoms. The zero-order valence-electron chi connectivity index (χ0n) is 10.5. The van der Waals surface area contributed by atoms with Gasteiger partial charge >= 0.3 is 0 Å². The van der Waals surface area contributed by atoms with E-state index in [2.05, 4.69) is 46.8 Å². The monoisotopic (exact) mass is 245 g/mol. The van der Waals surface area contributed by atoms with E-state index in [0.717, 1.165) is 24.0 Å². The van der Waals surface area contributed by atoms with Gasteiger partial charge < -0.3 is 5.73 Å². The third-order valence-corrected chi connectivity index (χ3v) is 3.03. The van der Waals surface area contributed by atoms with Crippen LogP contribution in [0.3, 0.4) is 0 Å². The van der Waals surface area contributed by atoms with Crippen LogP contribution in [-0.2, 0) is 6.42 Å². The molecule has 0 saturated carbocycles. The van der Waals surface area contributed by atoms with Gasteiger partial charge in [-0.2, -0.15) is 5.10 Å². The van der Waals surface area contributed by atoms with Crippen LogP contribution in [-0.4, -0.2) is 10.2 Å². The molecular formula is C13H19N5. The second-order valence-electron chi connectivity index (χ2n) is 4.33. The molecule has 2 aromatic rings. The van der Waals surface area contributed by atoms with Crippen molar-refractivity contribution < 1.29 is 0 Å². The average Bonchev–Trinajstić information content (AvgIpc) is 2.79. The van der Waals surface area contributed by atoms with E-state index in [1.54, 1.807) is 6.20 Å². The van der Waals surface area contributed by atoms with Gasteiger partial charge in [-0.3, -0.25) is 10.9 Å². The van der Waals surface area contributed by atoms with Crippen LogP contribution >= 0.6 is 0 Å². The summed E-state index contributed by atoms with van der Waals surface area (Å²) in [5.41, 5.74) is 11.9. The minimum atomic E-state index is -0.139. The fourth-order valence-corrected chi connectivity index (χ4v) is 2.07. The van der Waals surface area contributed by atoms with Crippen LogP contribution in [0.2, 0.25) is 0 Å². The maximum absolute atomic E-state index is 5.82. The van der Waals surface area contributed by atoms with Gasteiger partial charge in [0, 0.05) is 5.56 Å². The standard InChI is InChI=1S/C13H19N5/c1-2-3-9-4-6-10(7-5-9)12(17-15)11-8-16-18-13(11)14/h4-8,12,17H,2-3,15H2,1H3,(H3,14,16,18). The zero-order valence-corrected chi connectivity index (χ0v) is 10.5. The van der Waals surface area contributed by atoms with E-state index in [1.807, 2.05) is 0 Å². The molecule has 1 heterocycles. The predicted octanol–water partition coefficient (Wildman–Crippen LogP) is 1.50. The molecule has 1 aromatic heterocycles. The number of hydrogen-bond donors (Lipinski definition) is 4. The van der Waals surface area contributed by atoms with Crippen molar-refractivity contribution in [2.45, 2.75) is 25.8 Å². The topological polar surface area (TPSA) is 92.7 Å². The zero-order chi connectivity index (χ0) is 13.0. The molecule has 0 saturated heterocycles. The van der Waals surface area contributed by atoms with Crippen LogP contribution in [0, 0.1) is 0 Å². The first-order chi connectivity index (χ1) is 8.76. The molecule has 0 aliphatic carbocycles. The van der Waals surface area contributed by atoms with E-state index in [1.165, 1.54) is 5.56 Å². The maximum atomic E-state index is 5.82. The Kier molecular flexibility index (Phi) is 3.96. The van der Waals surface area contributed by atoms with E-state index in [0.29, 0.717) is 5.82 Å². The van der Waals surface area contributed by atoms with Gasteiger partial charge in [-0.1, -0.05) is 37.6 Å². The van der Waals surface area contributed by atoms with Gasteiger partial charge in [-0.05, 0) is 17.5 Å². The third kappa shape index (κ3) is 2.52. The number of hydrazine groups is 1. The summed E-state index contributed by atoms with van der Waals surface area (Å²) in [6.07, 6.45) is 3.93. The summed E-state index contributed by atoms with van der Waals surface area (Å²) in [6, 6.07) is 8.25. The number of anilines is 1. The van der Waals surface area contributed by atoms with Crippen molar-refractivity contribution in [3.8, 4) is 0 Å². The van der Waals surface area contributed by atoms with Gasteiger partial charge in [0.15, 0.2) is 0 Å². The number of H-pyrrole nitrogens is 1. The van der Waals surface area contributed by atoms with Crippen LogP contribution < -0.4 is 17.0 Å². The van der Waals surface area contributed by atoms with Crippen molar-refractivity contribution in [1.29, 1.82) is 0 Å². The van der Waals surface area contributed by atoms with Gasteiger partial charge in [-0.25, -0.2) is 5.43 Å². The number of aryl methyl sites for hydroxylation is 1. The summed E-state index contributed by atoms with van der Waals surface area (Å²) in [6.45, 7) is 2.17. The molecule has 5 nitrogen and oxygen atoms in total. The lowest BCUT2D eigenvalue weighted by atomic mass is 9.99. The number of benzene rings is 1. The Morgan fingerprint density at radius 3 is 2.56 bits per heavy atom. The van der Waals surface area contributed by atoms with Crippen molar-refractivity contribution in [2.24, 2.45) is 5.84 Å². The van der Waals surface area contributed by atoms with Gasteiger partial charge in [-0.15, -0.1) is 0 Å². The van der Waals surface area contributed by atoms with Crippen molar-refractivity contribution >= 4 is 5.82 Å². The third-order valence-electron chi connectivity index (χ3n) is 3.03. The lowest BCUT2D eigenvalue weighted by Crippen LogP contribution is -2.29. The number of nitrogen functional groups attached to an aromatic ring is 1. The maximum Gasteiger partial charge on any atom is 0.124 e. The molecule has 1 atom stereocenters. The first-order valence-corrected chi connectivity index (χ1v) is 6.10. The molecule has 96 valence electrons. The predicted molar refractivity (Wildman–Crippen MR) is 72.6 cm³/mol. The smallest absolute Gasteiger partial charge is 0.124 e. The van der Waals surface area contributed by atoms with E-state index in [4.69, 9.17) is 11.6 Å². The molecule has 0 fully saturated rings. The summed E-state index contributed by atoms with van der Waals surface area (Å²) in [5.74, 6) is 6.15. The second kappa shape index (κ2) is 5.66. The summed E-state index contributed by atoms with van der Waals surface area (Å²) < 4.78 is 0. The first-order valence-electron chi connectivity index (χ1n) is 6.10. The summed E-state index contributed by atoms with van der Waals surface area (Å²) in [7, 11) is 0. The van der Waals surface area contributed by atoms with Crippen LogP contribution in [0.1, 0.15) is 36.1 Å². The lowest BCUT2D eigenvalue weighted by Gasteiger charge is -2.16. The fourth-order valence-electron chi connectivity index (χ4n) is 2.07. The quantitative estimate of drug-likeness (QED) is 0.474. The highest BCUT2D eigenvalue weighted by molar-refractivity contribution is 5.44. The van der Waals surface area contributed by atoms with Crippen LogP contribution in [0.25, 0.3) is 0 Å². The molecule has 6 N–H and O–H groups in total. The number of rotatable bonds is 5. The number of aromatic nitrogens is 2. The van der Waals surface area contributed by atoms with Gasteiger partial charge in [0.05, 0.1) is 12.2 Å². The number of nitrogens with zero attached hydrogens (tertiary/aromatic N) is 1. The summed E-state index contributed by atoms with van der Waals surface area (Å²) in [4.78, 5) is 0. The molecule has 0 spiro atoms. The molecule has 0 aliphatic rings. The van der Waals surface area contributed by atoms with Gasteiger partial charge in [0.2, 0.25) is 0 Å². The number of aromatic amines is 1. The van der Waals surface area contributed by atoms with Crippen molar-refractivity contribution in [3.05, 3.63) is 47.2 Å². The fraction of sp³-hybridized carbons (Fsp3) is 0.308. The number of nitrogens with two attached hydrogens (primary N) is 2. The molecule has 1 aromatic carbocycles. The average molecular weight is 245 g/mol. The Bertz CT molecular complexity index is 488. The Balaban J connectivity index is 2.25. The molecule has 1 unspecified atom stereocenters. The van der Waals surface area contributed by atoms with Crippen LogP contribution in [0.15, 0.2) is 30.5 Å². The van der Waals surface area contributed by atoms with Gasteiger partial charge in [0.25, 0.3) is 0 Å². The Hall–Kier alpha value is -1.85. The highest BCUT2D eigenvalue weighted by Gasteiger charge is 2.16. The molecule has 0 aliphatic heterocycles. The van der Waals surface area contributed by atoms with E-state index < -0.39 is 0 Å². The number of nitrogens with one attached hydrogen (secondary N) is 2. The molecule has 2 rings (SSSR count). The van der Waals surface area contributed by atoms with E-state index in [-0.39, 0.29) is 6.04 Å². The Morgan fingerprint density at radius 1 is 1.33 bits per heavy atom. The van der Waals surface area contributed by atoms with E-state index >= 15 is 0 Å². The highest BCUT2D eigenvalue weighted by Crippen LogP contribution is 2.24. The van der Waals surface area contributed by atoms with Crippen molar-refractivity contribution in [3.63, 3.8) is 0 Å². The Labute approximate surface area is 107 Å². The van der Waals surface area contributed by atoms with Gasteiger partial charge in [0.1, 0.15) is 5.82 Å². The normalized spacial score (nSPS) is 12.6.